The minimum Gasteiger partial charge on any atom is -0.381 e. The number of nitrogens with one attached hydrogen (secondary N) is 2. The van der Waals surface area contributed by atoms with Gasteiger partial charge in [0.15, 0.2) is 0 Å². The van der Waals surface area contributed by atoms with E-state index < -0.39 is 0 Å². The summed E-state index contributed by atoms with van der Waals surface area (Å²) < 4.78 is 5.33. The quantitative estimate of drug-likeness (QED) is 0.888. The van der Waals surface area contributed by atoms with Crippen molar-refractivity contribution in [3.8, 4) is 11.3 Å². The lowest BCUT2D eigenvalue weighted by atomic mass is 10.1. The Balaban J connectivity index is 1.52. The molecule has 2 aromatic rings. The van der Waals surface area contributed by atoms with Crippen molar-refractivity contribution in [1.82, 2.24) is 15.6 Å². The maximum Gasteiger partial charge on any atom is 0.315 e. The molecule has 3 rings (SSSR count). The molecule has 0 saturated heterocycles. The zero-order chi connectivity index (χ0) is 16.8. The molecule has 1 aromatic heterocycles. The average Bonchev–Trinajstić information content (AvgIpc) is 3.08. The molecule has 1 heterocycles. The van der Waals surface area contributed by atoms with Crippen LogP contribution < -0.4 is 10.6 Å². The second kappa shape index (κ2) is 7.93. The SMILES string of the molecule is CO[C@H]1CC[C@@H](NC(=O)NCc2cccc(-c3ccccn3)c2)C1. The third-order valence-electron chi connectivity index (χ3n) is 4.39. The Kier molecular flexibility index (Phi) is 5.43. The molecule has 0 radical (unpaired) electrons. The molecule has 1 fully saturated rings. The molecule has 126 valence electrons. The Morgan fingerprint density at radius 2 is 2.17 bits per heavy atom. The number of hydrogen-bond donors (Lipinski definition) is 2. The topological polar surface area (TPSA) is 63.2 Å². The van der Waals surface area contributed by atoms with Crippen molar-refractivity contribution in [3.63, 3.8) is 0 Å². The van der Waals surface area contributed by atoms with Crippen molar-refractivity contribution in [1.29, 1.82) is 0 Å². The van der Waals surface area contributed by atoms with E-state index in [4.69, 9.17) is 4.74 Å². The van der Waals surface area contributed by atoms with E-state index >= 15 is 0 Å². The van der Waals surface area contributed by atoms with Gasteiger partial charge in [-0.1, -0.05) is 24.3 Å². The maximum atomic E-state index is 12.0. The first-order chi connectivity index (χ1) is 11.7. The second-order valence-electron chi connectivity index (χ2n) is 6.11. The van der Waals surface area contributed by atoms with Gasteiger partial charge >= 0.3 is 6.03 Å². The number of methoxy groups -OCH3 is 1. The highest BCUT2D eigenvalue weighted by Gasteiger charge is 2.25. The summed E-state index contributed by atoms with van der Waals surface area (Å²) in [6.45, 7) is 0.493. The highest BCUT2D eigenvalue weighted by atomic mass is 16.5. The number of carbonyl (C=O) groups excluding carboxylic acids is 1. The summed E-state index contributed by atoms with van der Waals surface area (Å²) in [5, 5.41) is 5.94. The summed E-state index contributed by atoms with van der Waals surface area (Å²) in [5.41, 5.74) is 3.03. The summed E-state index contributed by atoms with van der Waals surface area (Å²) in [6, 6.07) is 14.0. The Bertz CT molecular complexity index is 675. The number of aromatic nitrogens is 1. The summed E-state index contributed by atoms with van der Waals surface area (Å²) in [5.74, 6) is 0. The summed E-state index contributed by atoms with van der Waals surface area (Å²) >= 11 is 0. The van der Waals surface area contributed by atoms with Crippen molar-refractivity contribution >= 4 is 6.03 Å². The van der Waals surface area contributed by atoms with Crippen molar-refractivity contribution in [3.05, 3.63) is 54.2 Å². The predicted octanol–water partition coefficient (Wildman–Crippen LogP) is 3.12. The van der Waals surface area contributed by atoms with E-state index in [-0.39, 0.29) is 18.2 Å². The minimum absolute atomic E-state index is 0.125. The van der Waals surface area contributed by atoms with E-state index in [1.165, 1.54) is 0 Å². The molecule has 24 heavy (non-hydrogen) atoms. The van der Waals surface area contributed by atoms with Gasteiger partial charge in [-0.05, 0) is 43.0 Å². The van der Waals surface area contributed by atoms with Crippen LogP contribution in [0.25, 0.3) is 11.3 Å². The Hall–Kier alpha value is -2.40. The van der Waals surface area contributed by atoms with Gasteiger partial charge in [-0.25, -0.2) is 4.79 Å². The van der Waals surface area contributed by atoms with E-state index in [0.717, 1.165) is 36.1 Å². The smallest absolute Gasteiger partial charge is 0.315 e. The number of ether oxygens (including phenoxy) is 1. The first kappa shape index (κ1) is 16.5. The summed E-state index contributed by atoms with van der Waals surface area (Å²) in [7, 11) is 1.72. The first-order valence-corrected chi connectivity index (χ1v) is 8.32. The Morgan fingerprint density at radius 1 is 1.25 bits per heavy atom. The van der Waals surface area contributed by atoms with Gasteiger partial charge in [0.05, 0.1) is 11.8 Å². The zero-order valence-electron chi connectivity index (χ0n) is 13.9. The van der Waals surface area contributed by atoms with E-state index in [0.29, 0.717) is 6.54 Å². The number of nitrogens with zero attached hydrogens (tertiary/aromatic N) is 1. The second-order valence-corrected chi connectivity index (χ2v) is 6.11. The predicted molar refractivity (Wildman–Crippen MR) is 93.5 cm³/mol. The minimum atomic E-state index is -0.125. The molecule has 2 atom stereocenters. The highest BCUT2D eigenvalue weighted by Crippen LogP contribution is 2.21. The molecule has 0 bridgehead atoms. The van der Waals surface area contributed by atoms with Crippen LogP contribution in [0.5, 0.6) is 0 Å². The van der Waals surface area contributed by atoms with Crippen LogP contribution in [-0.4, -0.2) is 30.3 Å². The van der Waals surface area contributed by atoms with Crippen LogP contribution in [-0.2, 0) is 11.3 Å². The molecule has 0 aliphatic heterocycles. The highest BCUT2D eigenvalue weighted by molar-refractivity contribution is 5.74. The van der Waals surface area contributed by atoms with E-state index in [9.17, 15) is 4.79 Å². The molecule has 1 saturated carbocycles. The monoisotopic (exact) mass is 325 g/mol. The number of pyridine rings is 1. The largest absolute Gasteiger partial charge is 0.381 e. The number of carbonyl (C=O) groups is 1. The third-order valence-corrected chi connectivity index (χ3v) is 4.39. The fourth-order valence-electron chi connectivity index (χ4n) is 3.08. The van der Waals surface area contributed by atoms with Crippen molar-refractivity contribution in [2.24, 2.45) is 0 Å². The lowest BCUT2D eigenvalue weighted by Crippen LogP contribution is -2.40. The number of rotatable bonds is 5. The molecular formula is C19H23N3O2. The van der Waals surface area contributed by atoms with Crippen molar-refractivity contribution in [2.45, 2.75) is 38.0 Å². The lowest BCUT2D eigenvalue weighted by molar-refractivity contribution is 0.107. The van der Waals surface area contributed by atoms with Gasteiger partial charge in [-0.2, -0.15) is 0 Å². The van der Waals surface area contributed by atoms with Crippen molar-refractivity contribution in [2.75, 3.05) is 7.11 Å². The normalized spacial score (nSPS) is 19.9. The van der Waals surface area contributed by atoms with Gasteiger partial charge in [-0.15, -0.1) is 0 Å². The third kappa shape index (κ3) is 4.32. The lowest BCUT2D eigenvalue weighted by Gasteiger charge is -2.14. The molecule has 2 amide bonds. The molecule has 5 heteroatoms. The van der Waals surface area contributed by atoms with Crippen LogP contribution in [0, 0.1) is 0 Å². The fraction of sp³-hybridized carbons (Fsp3) is 0.368. The van der Waals surface area contributed by atoms with Crippen LogP contribution in [0.15, 0.2) is 48.7 Å². The van der Waals surface area contributed by atoms with Gasteiger partial charge < -0.3 is 15.4 Å². The van der Waals surface area contributed by atoms with Crippen LogP contribution in [0.2, 0.25) is 0 Å². The zero-order valence-corrected chi connectivity index (χ0v) is 13.9. The van der Waals surface area contributed by atoms with E-state index in [1.807, 2.05) is 36.4 Å². The van der Waals surface area contributed by atoms with Crippen LogP contribution >= 0.6 is 0 Å². The number of benzene rings is 1. The van der Waals surface area contributed by atoms with Gasteiger partial charge in [0.25, 0.3) is 0 Å². The molecule has 5 nitrogen and oxygen atoms in total. The molecule has 1 aromatic carbocycles. The summed E-state index contributed by atoms with van der Waals surface area (Å²) in [4.78, 5) is 16.4. The molecule has 0 unspecified atom stereocenters. The Morgan fingerprint density at radius 3 is 2.92 bits per heavy atom. The maximum absolute atomic E-state index is 12.0. The number of amides is 2. The van der Waals surface area contributed by atoms with Crippen LogP contribution in [0.1, 0.15) is 24.8 Å². The van der Waals surface area contributed by atoms with Crippen molar-refractivity contribution < 1.29 is 9.53 Å². The van der Waals surface area contributed by atoms with Crippen LogP contribution in [0.3, 0.4) is 0 Å². The van der Waals surface area contributed by atoms with E-state index in [2.05, 4.69) is 21.7 Å². The van der Waals surface area contributed by atoms with E-state index in [1.54, 1.807) is 13.3 Å². The molecule has 1 aliphatic rings. The molecular weight excluding hydrogens is 302 g/mol. The van der Waals surface area contributed by atoms with Gasteiger partial charge in [0, 0.05) is 31.5 Å². The van der Waals surface area contributed by atoms with Gasteiger partial charge in [0.2, 0.25) is 0 Å². The first-order valence-electron chi connectivity index (χ1n) is 8.32. The number of urea groups is 1. The standard InChI is InChI=1S/C19H23N3O2/c1-24-17-9-8-16(12-17)22-19(23)21-13-14-5-4-6-15(11-14)18-7-2-3-10-20-18/h2-7,10-11,16-17H,8-9,12-13H2,1H3,(H2,21,22,23)/t16-,17+/m1/s1. The van der Waals surface area contributed by atoms with Crippen LogP contribution in [0.4, 0.5) is 4.79 Å². The molecule has 0 spiro atoms. The average molecular weight is 325 g/mol. The number of hydrogen-bond acceptors (Lipinski definition) is 3. The molecule has 1 aliphatic carbocycles. The Labute approximate surface area is 142 Å². The van der Waals surface area contributed by atoms with Gasteiger partial charge in [-0.3, -0.25) is 4.98 Å². The van der Waals surface area contributed by atoms with Gasteiger partial charge in [0.1, 0.15) is 0 Å². The molecule has 2 N–H and O–H groups in total. The fourth-order valence-corrected chi connectivity index (χ4v) is 3.08. The summed E-state index contributed by atoms with van der Waals surface area (Å²) in [6.07, 6.45) is 4.92.